The van der Waals surface area contributed by atoms with Gasteiger partial charge in [0.2, 0.25) is 5.91 Å². The number of nitrogens with one attached hydrogen (secondary N) is 2. The SMILES string of the molecule is CCC(CNC(=O)OCC1c2ccccc2-c2ccccc21)C(=O)NC1(C(=O)O)CC1. The number of carbonyl (C=O) groups is 3. The quantitative estimate of drug-likeness (QED) is 0.606. The van der Waals surface area contributed by atoms with Crippen molar-refractivity contribution in [2.24, 2.45) is 5.92 Å². The Morgan fingerprint density at radius 2 is 1.65 bits per heavy atom. The van der Waals surface area contributed by atoms with Gasteiger partial charge in [0, 0.05) is 12.5 Å². The van der Waals surface area contributed by atoms with Gasteiger partial charge in [-0.3, -0.25) is 4.79 Å². The highest BCUT2D eigenvalue weighted by Crippen LogP contribution is 2.44. The molecule has 7 nitrogen and oxygen atoms in total. The molecule has 2 aliphatic carbocycles. The van der Waals surface area contributed by atoms with Gasteiger partial charge in [0.05, 0.1) is 5.92 Å². The molecule has 0 aliphatic heterocycles. The zero-order valence-corrected chi connectivity index (χ0v) is 17.4. The number of amides is 2. The number of ether oxygens (including phenoxy) is 1. The van der Waals surface area contributed by atoms with Gasteiger partial charge in [-0.15, -0.1) is 0 Å². The largest absolute Gasteiger partial charge is 0.480 e. The van der Waals surface area contributed by atoms with Crippen LogP contribution in [0.2, 0.25) is 0 Å². The minimum absolute atomic E-state index is 0.0336. The Morgan fingerprint density at radius 3 is 2.16 bits per heavy atom. The normalized spacial score (nSPS) is 16.5. The summed E-state index contributed by atoms with van der Waals surface area (Å²) >= 11 is 0. The van der Waals surface area contributed by atoms with Gasteiger partial charge >= 0.3 is 12.1 Å². The van der Waals surface area contributed by atoms with E-state index in [1.165, 1.54) is 0 Å². The summed E-state index contributed by atoms with van der Waals surface area (Å²) in [6.07, 6.45) is 0.757. The number of rotatable bonds is 8. The van der Waals surface area contributed by atoms with Gasteiger partial charge in [0.1, 0.15) is 12.1 Å². The van der Waals surface area contributed by atoms with E-state index in [9.17, 15) is 19.5 Å². The van der Waals surface area contributed by atoms with Crippen LogP contribution in [-0.4, -0.2) is 41.8 Å². The lowest BCUT2D eigenvalue weighted by Crippen LogP contribution is -2.48. The molecule has 0 radical (unpaired) electrons. The molecule has 0 spiro atoms. The van der Waals surface area contributed by atoms with Crippen LogP contribution < -0.4 is 10.6 Å². The number of carbonyl (C=O) groups excluding carboxylic acids is 2. The fraction of sp³-hybridized carbons (Fsp3) is 0.375. The molecule has 0 aromatic heterocycles. The third kappa shape index (κ3) is 4.13. The van der Waals surface area contributed by atoms with Gasteiger partial charge in [0.25, 0.3) is 0 Å². The number of carboxylic acid groups (broad SMARTS) is 1. The lowest BCUT2D eigenvalue weighted by Gasteiger charge is -2.19. The predicted octanol–water partition coefficient (Wildman–Crippen LogP) is 3.28. The zero-order valence-electron chi connectivity index (χ0n) is 17.4. The maximum absolute atomic E-state index is 12.4. The molecule has 3 N–H and O–H groups in total. The summed E-state index contributed by atoms with van der Waals surface area (Å²) in [7, 11) is 0. The molecule has 0 bridgehead atoms. The Labute approximate surface area is 180 Å². The molecule has 2 amide bonds. The first-order valence-electron chi connectivity index (χ1n) is 10.6. The Kier molecular flexibility index (Phi) is 5.67. The predicted molar refractivity (Wildman–Crippen MR) is 115 cm³/mol. The molecular weight excluding hydrogens is 396 g/mol. The highest BCUT2D eigenvalue weighted by Gasteiger charge is 2.52. The van der Waals surface area contributed by atoms with Gasteiger partial charge in [-0.25, -0.2) is 9.59 Å². The fourth-order valence-electron chi connectivity index (χ4n) is 4.13. The lowest BCUT2D eigenvalue weighted by molar-refractivity contribution is -0.143. The van der Waals surface area contributed by atoms with Crippen molar-refractivity contribution in [3.8, 4) is 11.1 Å². The number of carboxylic acids is 1. The second-order valence-corrected chi connectivity index (χ2v) is 8.19. The number of alkyl carbamates (subject to hydrolysis) is 1. The van der Waals surface area contributed by atoms with Crippen molar-refractivity contribution < 1.29 is 24.2 Å². The average Bonchev–Trinajstić information content (AvgIpc) is 3.49. The third-order valence-electron chi connectivity index (χ3n) is 6.22. The molecule has 1 unspecified atom stereocenters. The number of benzene rings is 2. The van der Waals surface area contributed by atoms with Crippen LogP contribution >= 0.6 is 0 Å². The summed E-state index contributed by atoms with van der Waals surface area (Å²) in [5.74, 6) is -1.92. The molecule has 0 saturated heterocycles. The summed E-state index contributed by atoms with van der Waals surface area (Å²) in [4.78, 5) is 36.0. The van der Waals surface area contributed by atoms with E-state index in [1.807, 2.05) is 31.2 Å². The lowest BCUT2D eigenvalue weighted by atomic mass is 9.98. The highest BCUT2D eigenvalue weighted by atomic mass is 16.5. The van der Waals surface area contributed by atoms with Crippen LogP contribution in [0.1, 0.15) is 43.2 Å². The molecule has 31 heavy (non-hydrogen) atoms. The second kappa shape index (κ2) is 8.41. The van der Waals surface area contributed by atoms with Crippen molar-refractivity contribution >= 4 is 18.0 Å². The van der Waals surface area contributed by atoms with Crippen LogP contribution in [-0.2, 0) is 14.3 Å². The first-order valence-corrected chi connectivity index (χ1v) is 10.6. The van der Waals surface area contributed by atoms with E-state index in [2.05, 4.69) is 34.9 Å². The number of fused-ring (bicyclic) bond motifs is 3. The van der Waals surface area contributed by atoms with E-state index in [4.69, 9.17) is 4.74 Å². The fourth-order valence-corrected chi connectivity index (χ4v) is 4.13. The molecule has 0 heterocycles. The van der Waals surface area contributed by atoms with E-state index >= 15 is 0 Å². The molecule has 1 saturated carbocycles. The minimum Gasteiger partial charge on any atom is -0.480 e. The molecule has 2 aromatic carbocycles. The van der Waals surface area contributed by atoms with Crippen molar-refractivity contribution in [1.29, 1.82) is 0 Å². The van der Waals surface area contributed by atoms with Crippen molar-refractivity contribution in [1.82, 2.24) is 10.6 Å². The minimum atomic E-state index is -1.13. The van der Waals surface area contributed by atoms with Crippen LogP contribution in [0.3, 0.4) is 0 Å². The van der Waals surface area contributed by atoms with Gasteiger partial charge in [-0.1, -0.05) is 55.5 Å². The molecule has 162 valence electrons. The molecule has 2 aliphatic rings. The Hall–Kier alpha value is -3.35. The Morgan fingerprint density at radius 1 is 1.06 bits per heavy atom. The number of aliphatic carboxylic acids is 1. The van der Waals surface area contributed by atoms with E-state index in [-0.39, 0.29) is 25.0 Å². The highest BCUT2D eigenvalue weighted by molar-refractivity contribution is 5.90. The van der Waals surface area contributed by atoms with Crippen molar-refractivity contribution in [3.63, 3.8) is 0 Å². The van der Waals surface area contributed by atoms with Gasteiger partial charge < -0.3 is 20.5 Å². The molecule has 2 aromatic rings. The molecule has 7 heteroatoms. The molecule has 4 rings (SSSR count). The average molecular weight is 422 g/mol. The van der Waals surface area contributed by atoms with E-state index in [0.717, 1.165) is 22.3 Å². The summed E-state index contributed by atoms with van der Waals surface area (Å²) in [5.41, 5.74) is 3.44. The maximum Gasteiger partial charge on any atom is 0.407 e. The zero-order chi connectivity index (χ0) is 22.0. The summed E-state index contributed by atoms with van der Waals surface area (Å²) in [5, 5.41) is 14.5. The standard InChI is InChI=1S/C24H26N2O5/c1-2-15(21(27)26-24(11-12-24)22(28)29)13-25-23(30)31-14-20-18-9-5-3-7-16(18)17-8-4-6-10-19(17)20/h3-10,15,20H,2,11-14H2,1H3,(H,25,30)(H,26,27)(H,28,29). The van der Waals surface area contributed by atoms with Crippen LogP contribution in [0.5, 0.6) is 0 Å². The summed E-state index contributed by atoms with van der Waals surface area (Å²) < 4.78 is 5.49. The van der Waals surface area contributed by atoms with Crippen molar-refractivity contribution in [2.45, 2.75) is 37.6 Å². The smallest absolute Gasteiger partial charge is 0.407 e. The van der Waals surface area contributed by atoms with Crippen molar-refractivity contribution in [2.75, 3.05) is 13.2 Å². The topological polar surface area (TPSA) is 105 Å². The Balaban J connectivity index is 1.32. The van der Waals surface area contributed by atoms with E-state index in [1.54, 1.807) is 0 Å². The monoisotopic (exact) mass is 422 g/mol. The second-order valence-electron chi connectivity index (χ2n) is 8.19. The van der Waals surface area contributed by atoms with Gasteiger partial charge in [-0.05, 0) is 41.5 Å². The van der Waals surface area contributed by atoms with Crippen LogP contribution in [0, 0.1) is 5.92 Å². The third-order valence-corrected chi connectivity index (χ3v) is 6.22. The van der Waals surface area contributed by atoms with E-state index < -0.39 is 23.5 Å². The van der Waals surface area contributed by atoms with E-state index in [0.29, 0.717) is 19.3 Å². The van der Waals surface area contributed by atoms with Gasteiger partial charge in [-0.2, -0.15) is 0 Å². The number of hydrogen-bond donors (Lipinski definition) is 3. The first kappa shape index (κ1) is 20.9. The molecular formula is C24H26N2O5. The first-order chi connectivity index (χ1) is 14.9. The molecule has 1 atom stereocenters. The van der Waals surface area contributed by atoms with Crippen LogP contribution in [0.4, 0.5) is 4.79 Å². The number of hydrogen-bond acceptors (Lipinski definition) is 4. The van der Waals surface area contributed by atoms with Gasteiger partial charge in [0.15, 0.2) is 0 Å². The summed E-state index contributed by atoms with van der Waals surface area (Å²) in [6.45, 7) is 2.11. The van der Waals surface area contributed by atoms with Crippen LogP contribution in [0.25, 0.3) is 11.1 Å². The van der Waals surface area contributed by atoms with Crippen molar-refractivity contribution in [3.05, 3.63) is 59.7 Å². The molecule has 1 fully saturated rings. The van der Waals surface area contributed by atoms with Crippen LogP contribution in [0.15, 0.2) is 48.5 Å². The summed E-state index contributed by atoms with van der Waals surface area (Å²) in [6, 6.07) is 16.2. The maximum atomic E-state index is 12.4. The Bertz CT molecular complexity index is 969.